The van der Waals surface area contributed by atoms with Crippen LogP contribution in [-0.4, -0.2) is 28.4 Å². The molecule has 0 unspecified atom stereocenters. The van der Waals surface area contributed by atoms with Gasteiger partial charge in [0.15, 0.2) is 11.4 Å². The van der Waals surface area contributed by atoms with Crippen LogP contribution in [0, 0.1) is 0 Å². The number of benzene rings is 2. The first-order valence-corrected chi connectivity index (χ1v) is 8.69. The molecular formula is C17H13Cl3N4O3. The van der Waals surface area contributed by atoms with Crippen LogP contribution in [0.1, 0.15) is 16.1 Å². The number of methoxy groups -OCH3 is 1. The second-order valence-electron chi connectivity index (χ2n) is 5.40. The Morgan fingerprint density at radius 2 is 1.85 bits per heavy atom. The molecule has 140 valence electrons. The fourth-order valence-electron chi connectivity index (χ4n) is 2.46. The highest BCUT2D eigenvalue weighted by atomic mass is 35.5. The highest BCUT2D eigenvalue weighted by molar-refractivity contribution is 6.40. The van der Waals surface area contributed by atoms with Crippen molar-refractivity contribution in [3.8, 4) is 22.8 Å². The number of aromatic amines is 1. The predicted molar refractivity (Wildman–Crippen MR) is 103 cm³/mol. The molecule has 0 fully saturated rings. The van der Waals surface area contributed by atoms with Crippen LogP contribution in [0.4, 0.5) is 0 Å². The van der Waals surface area contributed by atoms with Crippen molar-refractivity contribution in [2.24, 2.45) is 5.73 Å². The fourth-order valence-corrected chi connectivity index (χ4v) is 3.39. The van der Waals surface area contributed by atoms with Crippen LogP contribution in [0.3, 0.4) is 0 Å². The molecule has 1 amide bonds. The molecule has 0 saturated carbocycles. The standard InChI is InChI=1S/C17H13Cl3N4O3/c1-26-13-3-2-8(14-15(17(21)25)23-24-22-14)4-9(13)7-27-16-11(19)5-10(18)6-12(16)20/h2-6H,7H2,1H3,(H2,21,25)(H,22,23,24). The maximum absolute atomic E-state index is 11.5. The van der Waals surface area contributed by atoms with Crippen molar-refractivity contribution in [2.45, 2.75) is 6.61 Å². The highest BCUT2D eigenvalue weighted by Gasteiger charge is 2.17. The zero-order valence-corrected chi connectivity index (χ0v) is 16.2. The average Bonchev–Trinajstić information content (AvgIpc) is 3.10. The Hall–Kier alpha value is -2.48. The summed E-state index contributed by atoms with van der Waals surface area (Å²) in [7, 11) is 1.53. The Labute approximate surface area is 169 Å². The predicted octanol–water partition coefficient (Wildman–Crippen LogP) is 4.12. The Kier molecular flexibility index (Phi) is 5.74. The van der Waals surface area contributed by atoms with E-state index < -0.39 is 5.91 Å². The third kappa shape index (κ3) is 4.10. The normalized spacial score (nSPS) is 10.7. The van der Waals surface area contributed by atoms with E-state index in [1.165, 1.54) is 19.2 Å². The number of nitrogens with one attached hydrogen (secondary N) is 1. The first-order chi connectivity index (χ1) is 12.9. The van der Waals surface area contributed by atoms with Crippen LogP contribution in [0.2, 0.25) is 15.1 Å². The van der Waals surface area contributed by atoms with E-state index in [9.17, 15) is 4.79 Å². The van der Waals surface area contributed by atoms with Crippen LogP contribution in [-0.2, 0) is 6.61 Å². The van der Waals surface area contributed by atoms with Gasteiger partial charge in [0.05, 0.1) is 17.2 Å². The number of carbonyl (C=O) groups is 1. The summed E-state index contributed by atoms with van der Waals surface area (Å²) in [6.45, 7) is 0.0990. The van der Waals surface area contributed by atoms with Gasteiger partial charge in [0.25, 0.3) is 5.91 Å². The summed E-state index contributed by atoms with van der Waals surface area (Å²) in [5.74, 6) is 0.186. The van der Waals surface area contributed by atoms with Crippen LogP contribution in [0.25, 0.3) is 11.3 Å². The van der Waals surface area contributed by atoms with Crippen molar-refractivity contribution < 1.29 is 14.3 Å². The molecule has 3 rings (SSSR count). The van der Waals surface area contributed by atoms with Crippen molar-refractivity contribution in [3.05, 3.63) is 56.7 Å². The molecule has 0 aliphatic carbocycles. The topological polar surface area (TPSA) is 103 Å². The lowest BCUT2D eigenvalue weighted by Crippen LogP contribution is -2.12. The number of H-pyrrole nitrogens is 1. The van der Waals surface area contributed by atoms with Crippen LogP contribution >= 0.6 is 34.8 Å². The summed E-state index contributed by atoms with van der Waals surface area (Å²) in [5, 5.41) is 11.1. The molecule has 0 spiro atoms. The fraction of sp³-hybridized carbons (Fsp3) is 0.118. The third-order valence-corrected chi connectivity index (χ3v) is 4.45. The lowest BCUT2D eigenvalue weighted by atomic mass is 10.1. The maximum Gasteiger partial charge on any atom is 0.271 e. The van der Waals surface area contributed by atoms with Gasteiger partial charge in [0.1, 0.15) is 18.1 Å². The van der Waals surface area contributed by atoms with Crippen LogP contribution in [0.15, 0.2) is 30.3 Å². The minimum Gasteiger partial charge on any atom is -0.496 e. The second-order valence-corrected chi connectivity index (χ2v) is 6.65. The molecule has 3 aromatic rings. The Morgan fingerprint density at radius 1 is 1.15 bits per heavy atom. The number of carbonyl (C=O) groups excluding carboxylic acids is 1. The first kappa shape index (κ1) is 19.3. The van der Waals surface area contributed by atoms with Crippen molar-refractivity contribution in [1.82, 2.24) is 15.4 Å². The number of amides is 1. The lowest BCUT2D eigenvalue weighted by molar-refractivity contribution is 0.0996. The molecule has 0 aliphatic heterocycles. The van der Waals surface area contributed by atoms with Gasteiger partial charge in [0, 0.05) is 16.1 Å². The summed E-state index contributed by atoms with van der Waals surface area (Å²) in [5.41, 5.74) is 6.98. The quantitative estimate of drug-likeness (QED) is 0.616. The minimum atomic E-state index is -0.688. The molecule has 7 nitrogen and oxygen atoms in total. The number of hydrogen-bond donors (Lipinski definition) is 2. The van der Waals surface area contributed by atoms with Crippen molar-refractivity contribution >= 4 is 40.7 Å². The van der Waals surface area contributed by atoms with Crippen molar-refractivity contribution in [3.63, 3.8) is 0 Å². The van der Waals surface area contributed by atoms with Gasteiger partial charge in [-0.25, -0.2) is 0 Å². The number of nitrogens with two attached hydrogens (primary N) is 1. The molecule has 1 heterocycles. The van der Waals surface area contributed by atoms with E-state index in [2.05, 4.69) is 15.4 Å². The molecule has 0 radical (unpaired) electrons. The van der Waals surface area contributed by atoms with Gasteiger partial charge < -0.3 is 15.2 Å². The largest absolute Gasteiger partial charge is 0.496 e. The smallest absolute Gasteiger partial charge is 0.271 e. The van der Waals surface area contributed by atoms with E-state index in [1.807, 2.05) is 0 Å². The van der Waals surface area contributed by atoms with Gasteiger partial charge in [-0.1, -0.05) is 34.8 Å². The lowest BCUT2D eigenvalue weighted by Gasteiger charge is -2.14. The molecule has 10 heteroatoms. The van der Waals surface area contributed by atoms with Gasteiger partial charge in [-0.2, -0.15) is 15.4 Å². The molecule has 0 saturated heterocycles. The summed E-state index contributed by atoms with van der Waals surface area (Å²) >= 11 is 18.2. The van der Waals surface area contributed by atoms with Crippen molar-refractivity contribution in [1.29, 1.82) is 0 Å². The van der Waals surface area contributed by atoms with E-state index >= 15 is 0 Å². The van der Waals surface area contributed by atoms with Gasteiger partial charge in [-0.05, 0) is 30.3 Å². The number of aromatic nitrogens is 3. The Balaban J connectivity index is 1.93. The summed E-state index contributed by atoms with van der Waals surface area (Å²) < 4.78 is 11.1. The summed E-state index contributed by atoms with van der Waals surface area (Å²) in [4.78, 5) is 11.5. The van der Waals surface area contributed by atoms with E-state index in [0.717, 1.165) is 0 Å². The number of primary amides is 1. The second kappa shape index (κ2) is 8.04. The molecule has 2 aromatic carbocycles. The zero-order chi connectivity index (χ0) is 19.6. The summed E-state index contributed by atoms with van der Waals surface area (Å²) in [6, 6.07) is 8.27. The number of nitrogens with zero attached hydrogens (tertiary/aromatic N) is 2. The molecule has 0 bridgehead atoms. The van der Waals surface area contributed by atoms with Gasteiger partial charge >= 0.3 is 0 Å². The number of halogens is 3. The number of hydrogen-bond acceptors (Lipinski definition) is 5. The number of rotatable bonds is 6. The Morgan fingerprint density at radius 3 is 2.48 bits per heavy atom. The van der Waals surface area contributed by atoms with E-state index in [4.69, 9.17) is 50.0 Å². The van der Waals surface area contributed by atoms with E-state index in [-0.39, 0.29) is 22.3 Å². The van der Waals surface area contributed by atoms with Gasteiger partial charge in [-0.3, -0.25) is 4.79 Å². The minimum absolute atomic E-state index is 0.0378. The monoisotopic (exact) mass is 426 g/mol. The van der Waals surface area contributed by atoms with Crippen molar-refractivity contribution in [2.75, 3.05) is 7.11 Å². The molecule has 0 aliphatic rings. The van der Waals surface area contributed by atoms with Crippen LogP contribution in [0.5, 0.6) is 11.5 Å². The third-order valence-electron chi connectivity index (χ3n) is 3.67. The molecule has 0 atom stereocenters. The Bertz CT molecular complexity index is 984. The van der Waals surface area contributed by atoms with Gasteiger partial charge in [0.2, 0.25) is 0 Å². The molecule has 27 heavy (non-hydrogen) atoms. The molecular weight excluding hydrogens is 415 g/mol. The molecule has 3 N–H and O–H groups in total. The zero-order valence-electron chi connectivity index (χ0n) is 13.9. The highest BCUT2D eigenvalue weighted by Crippen LogP contribution is 2.37. The average molecular weight is 428 g/mol. The van der Waals surface area contributed by atoms with Crippen LogP contribution < -0.4 is 15.2 Å². The van der Waals surface area contributed by atoms with Gasteiger partial charge in [-0.15, -0.1) is 0 Å². The maximum atomic E-state index is 11.5. The first-order valence-electron chi connectivity index (χ1n) is 7.56. The SMILES string of the molecule is COc1ccc(-c2n[nH]nc2C(N)=O)cc1COc1c(Cl)cc(Cl)cc1Cl. The molecule has 1 aromatic heterocycles. The van der Waals surface area contributed by atoms with E-state index in [1.54, 1.807) is 18.2 Å². The summed E-state index contributed by atoms with van der Waals surface area (Å²) in [6.07, 6.45) is 0. The number of ether oxygens (including phenoxy) is 2. The van der Waals surface area contributed by atoms with E-state index in [0.29, 0.717) is 33.3 Å².